The Kier molecular flexibility index (Phi) is 5.62. The molecule has 0 amide bonds. The minimum Gasteiger partial charge on any atom is -0.381 e. The number of hydrogen-bond donors (Lipinski definition) is 2. The van der Waals surface area contributed by atoms with Gasteiger partial charge in [0.2, 0.25) is 0 Å². The molecule has 3 heterocycles. The van der Waals surface area contributed by atoms with Gasteiger partial charge in [-0.05, 0) is 74.9 Å². The molecular formula is C26H26F2N4. The van der Waals surface area contributed by atoms with Crippen molar-refractivity contribution in [1.29, 1.82) is 0 Å². The van der Waals surface area contributed by atoms with Crippen LogP contribution in [0.1, 0.15) is 30.0 Å². The Labute approximate surface area is 186 Å². The quantitative estimate of drug-likeness (QED) is 0.411. The number of aromatic nitrogens is 2. The van der Waals surface area contributed by atoms with Crippen LogP contribution in [0.15, 0.2) is 60.8 Å². The Bertz CT molecular complexity index is 1240. The molecule has 0 spiro atoms. The monoisotopic (exact) mass is 432 g/mol. The summed E-state index contributed by atoms with van der Waals surface area (Å²) < 4.78 is 28.8. The van der Waals surface area contributed by atoms with E-state index in [1.807, 2.05) is 6.07 Å². The smallest absolute Gasteiger partial charge is 0.138 e. The van der Waals surface area contributed by atoms with Crippen LogP contribution in [0.5, 0.6) is 0 Å². The zero-order valence-electron chi connectivity index (χ0n) is 18.0. The lowest BCUT2D eigenvalue weighted by Gasteiger charge is -2.28. The van der Waals surface area contributed by atoms with E-state index >= 15 is 0 Å². The van der Waals surface area contributed by atoms with Gasteiger partial charge in [0.25, 0.3) is 0 Å². The molecule has 1 saturated heterocycles. The summed E-state index contributed by atoms with van der Waals surface area (Å²) in [4.78, 5) is 10.3. The number of H-pyrrole nitrogens is 1. The molecule has 164 valence electrons. The first-order valence-corrected chi connectivity index (χ1v) is 11.0. The summed E-state index contributed by atoms with van der Waals surface area (Å²) in [6.07, 6.45) is 3.91. The maximum absolute atomic E-state index is 14.9. The molecule has 0 unspecified atom stereocenters. The Morgan fingerprint density at radius 3 is 2.62 bits per heavy atom. The standard InChI is InChI=1S/C26H26F2N4/c1-32-12-9-17(10-13-32)25-15-22-20(8-11-29-26(22)31-25)21-14-19(6-7-24(21)28)30-16-18-4-2-3-5-23(18)27/h2-8,11,14-15,17,30H,9-10,12-13,16H2,1H3,(H,29,31). The van der Waals surface area contributed by atoms with Gasteiger partial charge in [0, 0.05) is 46.6 Å². The molecule has 1 fully saturated rings. The van der Waals surface area contributed by atoms with Crippen molar-refractivity contribution in [1.82, 2.24) is 14.9 Å². The lowest BCUT2D eigenvalue weighted by Crippen LogP contribution is -2.29. The van der Waals surface area contributed by atoms with Crippen LogP contribution in [0.25, 0.3) is 22.2 Å². The molecule has 0 radical (unpaired) electrons. The van der Waals surface area contributed by atoms with Crippen molar-refractivity contribution in [2.45, 2.75) is 25.3 Å². The predicted molar refractivity (Wildman–Crippen MR) is 125 cm³/mol. The fourth-order valence-corrected chi connectivity index (χ4v) is 4.50. The number of anilines is 1. The molecule has 0 aliphatic carbocycles. The summed E-state index contributed by atoms with van der Waals surface area (Å²) >= 11 is 0. The lowest BCUT2D eigenvalue weighted by molar-refractivity contribution is 0.254. The van der Waals surface area contributed by atoms with E-state index in [-0.39, 0.29) is 11.6 Å². The second kappa shape index (κ2) is 8.71. The SMILES string of the molecule is CN1CCC(c2cc3c(-c4cc(NCc5ccccc5F)ccc4F)ccnc3[nH]2)CC1. The molecule has 5 rings (SSSR count). The predicted octanol–water partition coefficient (Wildman–Crippen LogP) is 5.93. The van der Waals surface area contributed by atoms with Gasteiger partial charge in [-0.25, -0.2) is 13.8 Å². The highest BCUT2D eigenvalue weighted by atomic mass is 19.1. The normalized spacial score (nSPS) is 15.3. The van der Waals surface area contributed by atoms with Gasteiger partial charge in [0.05, 0.1) is 0 Å². The molecule has 2 N–H and O–H groups in total. The summed E-state index contributed by atoms with van der Waals surface area (Å²) in [6.45, 7) is 2.48. The van der Waals surface area contributed by atoms with Gasteiger partial charge in [0.15, 0.2) is 0 Å². The molecule has 6 heteroatoms. The van der Waals surface area contributed by atoms with Crippen LogP contribution in [0, 0.1) is 11.6 Å². The number of halogens is 2. The highest BCUT2D eigenvalue weighted by molar-refractivity contribution is 5.94. The zero-order chi connectivity index (χ0) is 22.1. The van der Waals surface area contributed by atoms with Crippen LogP contribution >= 0.6 is 0 Å². The Morgan fingerprint density at radius 2 is 1.81 bits per heavy atom. The highest BCUT2D eigenvalue weighted by Gasteiger charge is 2.21. The minimum absolute atomic E-state index is 0.257. The Hall–Kier alpha value is -3.25. The number of benzene rings is 2. The summed E-state index contributed by atoms with van der Waals surface area (Å²) in [7, 11) is 2.15. The van der Waals surface area contributed by atoms with Crippen LogP contribution in [0.4, 0.5) is 14.5 Å². The van der Waals surface area contributed by atoms with E-state index in [1.165, 1.54) is 17.8 Å². The largest absolute Gasteiger partial charge is 0.381 e. The van der Waals surface area contributed by atoms with Gasteiger partial charge >= 0.3 is 0 Å². The van der Waals surface area contributed by atoms with Gasteiger partial charge in [-0.15, -0.1) is 0 Å². The van der Waals surface area contributed by atoms with Gasteiger partial charge in [-0.3, -0.25) is 0 Å². The number of pyridine rings is 1. The Morgan fingerprint density at radius 1 is 1.00 bits per heavy atom. The third-order valence-electron chi connectivity index (χ3n) is 6.41. The van der Waals surface area contributed by atoms with Crippen molar-refractivity contribution in [3.8, 4) is 11.1 Å². The number of aromatic amines is 1. The van der Waals surface area contributed by atoms with Gasteiger partial charge in [-0.1, -0.05) is 18.2 Å². The second-order valence-electron chi connectivity index (χ2n) is 8.56. The lowest BCUT2D eigenvalue weighted by atomic mass is 9.93. The molecule has 1 aliphatic heterocycles. The molecule has 0 atom stereocenters. The van der Waals surface area contributed by atoms with Crippen LogP contribution in [0.2, 0.25) is 0 Å². The summed E-state index contributed by atoms with van der Waals surface area (Å²) in [5, 5.41) is 4.14. The number of hydrogen-bond acceptors (Lipinski definition) is 3. The van der Waals surface area contributed by atoms with E-state index in [2.05, 4.69) is 33.3 Å². The van der Waals surface area contributed by atoms with E-state index in [4.69, 9.17) is 0 Å². The Balaban J connectivity index is 1.45. The first kappa shape index (κ1) is 20.6. The van der Waals surface area contributed by atoms with Crippen molar-refractivity contribution in [3.05, 3.63) is 83.7 Å². The van der Waals surface area contributed by atoms with Crippen molar-refractivity contribution in [3.63, 3.8) is 0 Å². The van der Waals surface area contributed by atoms with Crippen molar-refractivity contribution < 1.29 is 8.78 Å². The average molecular weight is 433 g/mol. The topological polar surface area (TPSA) is 44.0 Å². The van der Waals surface area contributed by atoms with E-state index in [0.29, 0.717) is 23.6 Å². The average Bonchev–Trinajstić information content (AvgIpc) is 3.24. The molecular weight excluding hydrogens is 406 g/mol. The van der Waals surface area contributed by atoms with Gasteiger partial charge in [-0.2, -0.15) is 0 Å². The number of nitrogens with one attached hydrogen (secondary N) is 2. The fourth-order valence-electron chi connectivity index (χ4n) is 4.50. The van der Waals surface area contributed by atoms with Gasteiger partial charge < -0.3 is 15.2 Å². The first-order chi connectivity index (χ1) is 15.6. The van der Waals surface area contributed by atoms with Gasteiger partial charge in [0.1, 0.15) is 17.3 Å². The molecule has 32 heavy (non-hydrogen) atoms. The summed E-state index contributed by atoms with van der Waals surface area (Å²) in [5.74, 6) is -0.0882. The van der Waals surface area contributed by atoms with E-state index in [9.17, 15) is 8.78 Å². The van der Waals surface area contributed by atoms with Crippen molar-refractivity contribution in [2.24, 2.45) is 0 Å². The summed E-state index contributed by atoms with van der Waals surface area (Å²) in [6, 6.07) is 15.6. The van der Waals surface area contributed by atoms with Crippen LogP contribution in [0.3, 0.4) is 0 Å². The maximum atomic E-state index is 14.9. The maximum Gasteiger partial charge on any atom is 0.138 e. The number of likely N-dealkylation sites (tertiary alicyclic amines) is 1. The molecule has 2 aromatic heterocycles. The number of rotatable bonds is 5. The summed E-state index contributed by atoms with van der Waals surface area (Å²) in [5.41, 5.74) is 4.56. The van der Waals surface area contributed by atoms with E-state index in [1.54, 1.807) is 36.5 Å². The molecule has 4 nitrogen and oxygen atoms in total. The minimum atomic E-state index is -0.295. The third kappa shape index (κ3) is 4.10. The van der Waals surface area contributed by atoms with E-state index in [0.717, 1.165) is 48.2 Å². The molecule has 1 aliphatic rings. The first-order valence-electron chi connectivity index (χ1n) is 11.0. The van der Waals surface area contributed by atoms with Crippen LogP contribution < -0.4 is 5.32 Å². The zero-order valence-corrected chi connectivity index (χ0v) is 18.0. The molecule has 0 saturated carbocycles. The highest BCUT2D eigenvalue weighted by Crippen LogP contribution is 2.35. The number of fused-ring (bicyclic) bond motifs is 1. The molecule has 4 aromatic rings. The molecule has 2 aromatic carbocycles. The van der Waals surface area contributed by atoms with Crippen LogP contribution in [-0.2, 0) is 6.54 Å². The van der Waals surface area contributed by atoms with Crippen LogP contribution in [-0.4, -0.2) is 35.0 Å². The third-order valence-corrected chi connectivity index (χ3v) is 6.41. The number of nitrogens with zero attached hydrogens (tertiary/aromatic N) is 2. The fraction of sp³-hybridized carbons (Fsp3) is 0.269. The van der Waals surface area contributed by atoms with Crippen molar-refractivity contribution >= 4 is 16.7 Å². The molecule has 0 bridgehead atoms. The van der Waals surface area contributed by atoms with Crippen molar-refractivity contribution in [2.75, 3.05) is 25.5 Å². The number of piperidine rings is 1. The van der Waals surface area contributed by atoms with E-state index < -0.39 is 0 Å². The second-order valence-corrected chi connectivity index (χ2v) is 8.56.